The highest BCUT2D eigenvalue weighted by atomic mass is 16.5. The molecule has 1 aromatic heterocycles. The van der Waals surface area contributed by atoms with E-state index in [1.807, 2.05) is 24.3 Å². The topological polar surface area (TPSA) is 47.4 Å². The van der Waals surface area contributed by atoms with Crippen LogP contribution in [0.3, 0.4) is 0 Å². The lowest BCUT2D eigenvalue weighted by molar-refractivity contribution is -0.144. The van der Waals surface area contributed by atoms with Gasteiger partial charge >= 0.3 is 0 Å². The molecule has 4 rings (SSSR count). The zero-order chi connectivity index (χ0) is 15.8. The van der Waals surface area contributed by atoms with Crippen molar-refractivity contribution in [3.8, 4) is 0 Å². The Hall–Kier alpha value is -1.88. The first-order valence-electron chi connectivity index (χ1n) is 8.63. The van der Waals surface area contributed by atoms with Crippen LogP contribution in [-0.4, -0.2) is 45.7 Å². The largest absolute Gasteiger partial charge is 0.374 e. The summed E-state index contributed by atoms with van der Waals surface area (Å²) in [5, 5.41) is 0. The molecule has 1 aliphatic heterocycles. The molecule has 0 bridgehead atoms. The standard InChI is InChI=1S/C18H23N3O2/c1-2-17-19-13-6-3-4-7-14(13)21(17)12-18(22)20-10-11-23-16-9-5-8-15(16)20/h3-4,6-7,15-16H,2,5,8-12H2,1H3/t15-,16-/m0/s1. The van der Waals surface area contributed by atoms with Crippen LogP contribution < -0.4 is 0 Å². The molecule has 2 heterocycles. The number of nitrogens with zero attached hydrogens (tertiary/aromatic N) is 3. The third kappa shape index (κ3) is 2.53. The lowest BCUT2D eigenvalue weighted by Gasteiger charge is -2.37. The summed E-state index contributed by atoms with van der Waals surface area (Å²) in [5.74, 6) is 1.18. The van der Waals surface area contributed by atoms with Crippen LogP contribution in [-0.2, 0) is 22.5 Å². The minimum Gasteiger partial charge on any atom is -0.374 e. The second-order valence-electron chi connectivity index (χ2n) is 6.45. The maximum absolute atomic E-state index is 12.9. The predicted molar refractivity (Wildman–Crippen MR) is 88.2 cm³/mol. The molecule has 2 aliphatic rings. The smallest absolute Gasteiger partial charge is 0.242 e. The number of hydrogen-bond donors (Lipinski definition) is 0. The van der Waals surface area contributed by atoms with E-state index in [-0.39, 0.29) is 18.1 Å². The highest BCUT2D eigenvalue weighted by Crippen LogP contribution is 2.30. The predicted octanol–water partition coefficient (Wildman–Crippen LogP) is 2.38. The van der Waals surface area contributed by atoms with Gasteiger partial charge in [0, 0.05) is 13.0 Å². The second kappa shape index (κ2) is 5.96. The van der Waals surface area contributed by atoms with Gasteiger partial charge in [0.25, 0.3) is 0 Å². The van der Waals surface area contributed by atoms with Crippen LogP contribution in [0.25, 0.3) is 11.0 Å². The maximum Gasteiger partial charge on any atom is 0.242 e. The summed E-state index contributed by atoms with van der Waals surface area (Å²) in [6.45, 7) is 3.85. The van der Waals surface area contributed by atoms with Crippen LogP contribution in [0.1, 0.15) is 32.0 Å². The summed E-state index contributed by atoms with van der Waals surface area (Å²) in [6.07, 6.45) is 4.40. The molecule has 1 saturated heterocycles. The van der Waals surface area contributed by atoms with Crippen molar-refractivity contribution in [3.63, 3.8) is 0 Å². The number of benzene rings is 1. The summed E-state index contributed by atoms with van der Waals surface area (Å²) < 4.78 is 7.90. The van der Waals surface area contributed by atoms with Crippen LogP contribution in [0.2, 0.25) is 0 Å². The molecular weight excluding hydrogens is 290 g/mol. The molecule has 2 aromatic rings. The van der Waals surface area contributed by atoms with Crippen LogP contribution in [0, 0.1) is 0 Å². The Morgan fingerprint density at radius 1 is 1.35 bits per heavy atom. The Balaban J connectivity index is 1.61. The SMILES string of the molecule is CCc1nc2ccccc2n1CC(=O)N1CCO[C@H]2CCC[C@@H]21. The molecule has 5 nitrogen and oxygen atoms in total. The third-order valence-corrected chi connectivity index (χ3v) is 5.15. The highest BCUT2D eigenvalue weighted by molar-refractivity contribution is 5.81. The van der Waals surface area contributed by atoms with Gasteiger partial charge in [-0.3, -0.25) is 4.79 Å². The molecule has 1 amide bonds. The van der Waals surface area contributed by atoms with E-state index >= 15 is 0 Å². The molecule has 0 radical (unpaired) electrons. The normalized spacial score (nSPS) is 24.1. The Morgan fingerprint density at radius 2 is 2.22 bits per heavy atom. The van der Waals surface area contributed by atoms with E-state index in [4.69, 9.17) is 4.74 Å². The van der Waals surface area contributed by atoms with Crippen molar-refractivity contribution in [2.45, 2.75) is 51.3 Å². The number of amides is 1. The number of ether oxygens (including phenoxy) is 1. The Labute approximate surface area is 136 Å². The lowest BCUT2D eigenvalue weighted by atomic mass is 10.1. The molecule has 1 saturated carbocycles. The number of carbonyl (C=O) groups is 1. The number of imidazole rings is 1. The Bertz CT molecular complexity index is 724. The van der Waals surface area contributed by atoms with E-state index in [0.29, 0.717) is 19.7 Å². The van der Waals surface area contributed by atoms with Crippen molar-refractivity contribution in [2.75, 3.05) is 13.2 Å². The molecule has 1 aliphatic carbocycles. The molecule has 0 unspecified atom stereocenters. The zero-order valence-electron chi connectivity index (χ0n) is 13.6. The van der Waals surface area contributed by atoms with Gasteiger partial charge in [0.1, 0.15) is 12.4 Å². The first-order chi connectivity index (χ1) is 11.3. The van der Waals surface area contributed by atoms with Crippen molar-refractivity contribution in [1.82, 2.24) is 14.5 Å². The molecule has 23 heavy (non-hydrogen) atoms. The van der Waals surface area contributed by atoms with E-state index in [1.165, 1.54) is 0 Å². The number of morpholine rings is 1. The molecule has 2 fully saturated rings. The van der Waals surface area contributed by atoms with Gasteiger partial charge in [-0.15, -0.1) is 0 Å². The highest BCUT2D eigenvalue weighted by Gasteiger charge is 2.38. The Kier molecular flexibility index (Phi) is 3.81. The van der Waals surface area contributed by atoms with Gasteiger partial charge in [0.15, 0.2) is 0 Å². The maximum atomic E-state index is 12.9. The summed E-state index contributed by atoms with van der Waals surface area (Å²) in [4.78, 5) is 19.7. The van der Waals surface area contributed by atoms with Gasteiger partial charge in [-0.2, -0.15) is 0 Å². The zero-order valence-corrected chi connectivity index (χ0v) is 13.6. The fourth-order valence-electron chi connectivity index (χ4n) is 4.03. The van der Waals surface area contributed by atoms with Crippen LogP contribution >= 0.6 is 0 Å². The number of hydrogen-bond acceptors (Lipinski definition) is 3. The van der Waals surface area contributed by atoms with E-state index in [9.17, 15) is 4.79 Å². The summed E-state index contributed by atoms with van der Waals surface area (Å²) in [7, 11) is 0. The van der Waals surface area contributed by atoms with Crippen molar-refractivity contribution < 1.29 is 9.53 Å². The number of aryl methyl sites for hydroxylation is 1. The first kappa shape index (κ1) is 14.7. The molecule has 1 aromatic carbocycles. The molecule has 2 atom stereocenters. The number of aromatic nitrogens is 2. The van der Waals surface area contributed by atoms with Crippen molar-refractivity contribution in [3.05, 3.63) is 30.1 Å². The van der Waals surface area contributed by atoms with Gasteiger partial charge < -0.3 is 14.2 Å². The van der Waals surface area contributed by atoms with Gasteiger partial charge in [-0.25, -0.2) is 4.98 Å². The number of carbonyl (C=O) groups excluding carboxylic acids is 1. The summed E-state index contributed by atoms with van der Waals surface area (Å²) in [6, 6.07) is 8.33. The molecule has 0 spiro atoms. The van der Waals surface area contributed by atoms with Crippen LogP contribution in [0.4, 0.5) is 0 Å². The molecular formula is C18H23N3O2. The number of fused-ring (bicyclic) bond motifs is 2. The van der Waals surface area contributed by atoms with E-state index in [2.05, 4.69) is 21.4 Å². The number of para-hydroxylation sites is 2. The number of rotatable bonds is 3. The van der Waals surface area contributed by atoms with Gasteiger partial charge in [-0.1, -0.05) is 19.1 Å². The average molecular weight is 313 g/mol. The monoisotopic (exact) mass is 313 g/mol. The van der Waals surface area contributed by atoms with Crippen LogP contribution in [0.15, 0.2) is 24.3 Å². The second-order valence-corrected chi connectivity index (χ2v) is 6.45. The van der Waals surface area contributed by atoms with Gasteiger partial charge in [0.05, 0.1) is 29.8 Å². The Morgan fingerprint density at radius 3 is 3.09 bits per heavy atom. The van der Waals surface area contributed by atoms with Crippen molar-refractivity contribution in [1.29, 1.82) is 0 Å². The van der Waals surface area contributed by atoms with Gasteiger partial charge in [0.2, 0.25) is 5.91 Å². The molecule has 122 valence electrons. The first-order valence-corrected chi connectivity index (χ1v) is 8.63. The fourth-order valence-corrected chi connectivity index (χ4v) is 4.03. The molecule has 5 heteroatoms. The minimum atomic E-state index is 0.197. The van der Waals surface area contributed by atoms with E-state index in [1.54, 1.807) is 0 Å². The van der Waals surface area contributed by atoms with Crippen LogP contribution in [0.5, 0.6) is 0 Å². The summed E-state index contributed by atoms with van der Waals surface area (Å²) in [5.41, 5.74) is 2.02. The third-order valence-electron chi connectivity index (χ3n) is 5.15. The van der Waals surface area contributed by atoms with Crippen molar-refractivity contribution in [2.24, 2.45) is 0 Å². The lowest BCUT2D eigenvalue weighted by Crippen LogP contribution is -2.52. The molecule has 0 N–H and O–H groups in total. The quantitative estimate of drug-likeness (QED) is 0.874. The minimum absolute atomic E-state index is 0.197. The van der Waals surface area contributed by atoms with Gasteiger partial charge in [-0.05, 0) is 31.4 Å². The van der Waals surface area contributed by atoms with Crippen molar-refractivity contribution >= 4 is 16.9 Å². The fraction of sp³-hybridized carbons (Fsp3) is 0.556. The summed E-state index contributed by atoms with van der Waals surface area (Å²) >= 11 is 0. The van der Waals surface area contributed by atoms with E-state index < -0.39 is 0 Å². The van der Waals surface area contributed by atoms with E-state index in [0.717, 1.165) is 42.5 Å². The average Bonchev–Trinajstić information content (AvgIpc) is 3.19.